The zero-order valence-corrected chi connectivity index (χ0v) is 16.2. The molecule has 3 rings (SSSR count). The van der Waals surface area contributed by atoms with Gasteiger partial charge in [0.15, 0.2) is 5.17 Å². The first kappa shape index (κ1) is 19.1. The summed E-state index contributed by atoms with van der Waals surface area (Å²) in [7, 11) is -0.587. The number of rotatable bonds is 4. The maximum absolute atomic E-state index is 13.1. The van der Waals surface area contributed by atoms with Crippen molar-refractivity contribution in [3.8, 4) is 0 Å². The molecule has 1 heterocycles. The van der Waals surface area contributed by atoms with E-state index >= 15 is 0 Å². The molecule has 1 amide bonds. The number of thioether (sulfide) groups is 1. The van der Waals surface area contributed by atoms with Crippen molar-refractivity contribution in [1.29, 1.82) is 0 Å². The molecule has 2 aromatic carbocycles. The lowest BCUT2D eigenvalue weighted by atomic mass is 10.3. The van der Waals surface area contributed by atoms with Crippen LogP contribution in [0.4, 0.5) is 10.1 Å². The highest BCUT2D eigenvalue weighted by Crippen LogP contribution is 2.35. The molecule has 6 nitrogen and oxygen atoms in total. The number of nitrogens with zero attached hydrogens (tertiary/aromatic N) is 3. The third kappa shape index (κ3) is 4.20. The van der Waals surface area contributed by atoms with E-state index < -0.39 is 15.8 Å². The molecule has 27 heavy (non-hydrogen) atoms. The summed E-state index contributed by atoms with van der Waals surface area (Å²) in [6.45, 7) is 0. The highest BCUT2D eigenvalue weighted by molar-refractivity contribution is 8.19. The first-order valence-electron chi connectivity index (χ1n) is 7.84. The van der Waals surface area contributed by atoms with Crippen LogP contribution in [0.15, 0.2) is 75.0 Å². The predicted molar refractivity (Wildman–Crippen MR) is 104 cm³/mol. The van der Waals surface area contributed by atoms with Crippen molar-refractivity contribution < 1.29 is 17.6 Å². The van der Waals surface area contributed by atoms with Gasteiger partial charge in [-0.3, -0.25) is 9.69 Å². The standard InChI is InChI=1S/C18H16FN3O3S2/c1-21(2)12-16-17(23)22(14-6-4-3-5-7-14)18(26-16)20-27(24,25)15-10-8-13(19)9-11-15/h3-12H,1-2H3/b16-12+,20-18-. The number of benzene rings is 2. The lowest BCUT2D eigenvalue weighted by molar-refractivity contribution is -0.113. The van der Waals surface area contributed by atoms with Gasteiger partial charge in [-0.1, -0.05) is 18.2 Å². The molecule has 0 radical (unpaired) electrons. The maximum Gasteiger partial charge on any atom is 0.284 e. The van der Waals surface area contributed by atoms with Crippen LogP contribution in [-0.2, 0) is 14.8 Å². The quantitative estimate of drug-likeness (QED) is 0.732. The van der Waals surface area contributed by atoms with Crippen molar-refractivity contribution in [2.24, 2.45) is 4.40 Å². The van der Waals surface area contributed by atoms with E-state index in [4.69, 9.17) is 0 Å². The second kappa shape index (κ2) is 7.53. The van der Waals surface area contributed by atoms with E-state index in [1.165, 1.54) is 4.90 Å². The molecular weight excluding hydrogens is 389 g/mol. The van der Waals surface area contributed by atoms with Crippen molar-refractivity contribution >= 4 is 38.5 Å². The van der Waals surface area contributed by atoms with Gasteiger partial charge in [0.05, 0.1) is 15.5 Å². The van der Waals surface area contributed by atoms with Crippen LogP contribution in [0.1, 0.15) is 0 Å². The van der Waals surface area contributed by atoms with E-state index in [1.54, 1.807) is 55.5 Å². The Balaban J connectivity index is 2.08. The predicted octanol–water partition coefficient (Wildman–Crippen LogP) is 3.05. The summed E-state index contributed by atoms with van der Waals surface area (Å²) in [5, 5.41) is 0.0172. The fraction of sp³-hybridized carbons (Fsp3) is 0.111. The molecule has 0 N–H and O–H groups in total. The molecule has 0 aliphatic carbocycles. The molecule has 0 spiro atoms. The second-order valence-corrected chi connectivity index (χ2v) is 8.45. The summed E-state index contributed by atoms with van der Waals surface area (Å²) in [6.07, 6.45) is 1.61. The number of anilines is 1. The summed E-state index contributed by atoms with van der Waals surface area (Å²) >= 11 is 0.967. The molecule has 0 bridgehead atoms. The minimum absolute atomic E-state index is 0.0172. The van der Waals surface area contributed by atoms with Crippen LogP contribution in [0.3, 0.4) is 0 Å². The van der Waals surface area contributed by atoms with E-state index in [0.29, 0.717) is 10.6 Å². The van der Waals surface area contributed by atoms with Crippen molar-refractivity contribution in [3.63, 3.8) is 0 Å². The second-order valence-electron chi connectivity index (χ2n) is 5.84. The Morgan fingerprint density at radius 1 is 1.07 bits per heavy atom. The zero-order chi connectivity index (χ0) is 19.6. The lowest BCUT2D eigenvalue weighted by Gasteiger charge is -2.15. The smallest absolute Gasteiger partial charge is 0.284 e. The number of amides is 1. The summed E-state index contributed by atoms with van der Waals surface area (Å²) in [5.74, 6) is -0.915. The summed E-state index contributed by atoms with van der Waals surface area (Å²) in [5.41, 5.74) is 0.505. The Morgan fingerprint density at radius 3 is 2.30 bits per heavy atom. The number of hydrogen-bond acceptors (Lipinski definition) is 5. The van der Waals surface area contributed by atoms with Crippen molar-refractivity contribution in [2.45, 2.75) is 4.90 Å². The third-order valence-corrected chi connectivity index (χ3v) is 5.86. The van der Waals surface area contributed by atoms with Gasteiger partial charge in [-0.25, -0.2) is 4.39 Å². The summed E-state index contributed by atoms with van der Waals surface area (Å²) in [4.78, 5) is 15.9. The molecule has 1 aliphatic rings. The normalized spacial score (nSPS) is 17.7. The van der Waals surface area contributed by atoms with Crippen LogP contribution in [0, 0.1) is 5.82 Å². The van der Waals surface area contributed by atoms with E-state index in [-0.39, 0.29) is 16.0 Å². The molecule has 1 aliphatic heterocycles. The van der Waals surface area contributed by atoms with Gasteiger partial charge < -0.3 is 4.90 Å². The molecule has 0 saturated carbocycles. The van der Waals surface area contributed by atoms with Crippen molar-refractivity contribution in [2.75, 3.05) is 19.0 Å². The van der Waals surface area contributed by atoms with Crippen molar-refractivity contribution in [3.05, 3.63) is 71.5 Å². The Morgan fingerprint density at radius 2 is 1.70 bits per heavy atom. The first-order chi connectivity index (χ1) is 12.8. The van der Waals surface area contributed by atoms with Crippen LogP contribution in [0.25, 0.3) is 0 Å². The number of carbonyl (C=O) groups excluding carboxylic acids is 1. The molecular formula is C18H16FN3O3S2. The number of hydrogen-bond donors (Lipinski definition) is 0. The molecule has 2 aromatic rings. The summed E-state index contributed by atoms with van der Waals surface area (Å²) < 4.78 is 42.2. The van der Waals surface area contributed by atoms with E-state index in [0.717, 1.165) is 36.0 Å². The highest BCUT2D eigenvalue weighted by atomic mass is 32.2. The van der Waals surface area contributed by atoms with Crippen LogP contribution >= 0.6 is 11.8 Å². The molecule has 0 aromatic heterocycles. The average molecular weight is 405 g/mol. The minimum Gasteiger partial charge on any atom is -0.382 e. The Labute approximate surface area is 161 Å². The Hall–Kier alpha value is -2.65. The third-order valence-electron chi connectivity index (χ3n) is 3.51. The molecule has 9 heteroatoms. The highest BCUT2D eigenvalue weighted by Gasteiger charge is 2.36. The fourth-order valence-electron chi connectivity index (χ4n) is 2.33. The number of amidine groups is 1. The van der Waals surface area contributed by atoms with Gasteiger partial charge in [0.2, 0.25) is 0 Å². The fourth-order valence-corrected chi connectivity index (χ4v) is 4.56. The summed E-state index contributed by atoms with van der Waals surface area (Å²) in [6, 6.07) is 13.0. The minimum atomic E-state index is -4.11. The van der Waals surface area contributed by atoms with Gasteiger partial charge in [0.1, 0.15) is 5.82 Å². The Bertz CT molecular complexity index is 1020. The van der Waals surface area contributed by atoms with Crippen molar-refractivity contribution in [1.82, 2.24) is 4.90 Å². The van der Waals surface area contributed by atoms with Gasteiger partial charge >= 0.3 is 0 Å². The van der Waals surface area contributed by atoms with Gasteiger partial charge in [0.25, 0.3) is 15.9 Å². The van der Waals surface area contributed by atoms with E-state index in [1.807, 2.05) is 0 Å². The first-order valence-corrected chi connectivity index (χ1v) is 10.1. The zero-order valence-electron chi connectivity index (χ0n) is 14.5. The molecule has 0 unspecified atom stereocenters. The number of halogens is 1. The van der Waals surface area contributed by atoms with Crippen LogP contribution < -0.4 is 4.90 Å². The topological polar surface area (TPSA) is 70.1 Å². The number of sulfonamides is 1. The molecule has 140 valence electrons. The SMILES string of the molecule is CN(C)/C=C1/S/C(=N\S(=O)(=O)c2ccc(F)cc2)N(c2ccccc2)C1=O. The number of para-hydroxylation sites is 1. The Kier molecular flexibility index (Phi) is 5.33. The van der Waals surface area contributed by atoms with Gasteiger partial charge in [0, 0.05) is 20.3 Å². The lowest BCUT2D eigenvalue weighted by Crippen LogP contribution is -2.29. The van der Waals surface area contributed by atoms with Crippen LogP contribution in [0.2, 0.25) is 0 Å². The molecule has 1 saturated heterocycles. The molecule has 1 fully saturated rings. The van der Waals surface area contributed by atoms with Gasteiger partial charge in [-0.2, -0.15) is 8.42 Å². The van der Waals surface area contributed by atoms with E-state index in [2.05, 4.69) is 4.40 Å². The van der Waals surface area contributed by atoms with E-state index in [9.17, 15) is 17.6 Å². The maximum atomic E-state index is 13.1. The van der Waals surface area contributed by atoms with Gasteiger partial charge in [-0.05, 0) is 48.2 Å². The average Bonchev–Trinajstić information content (AvgIpc) is 2.90. The monoisotopic (exact) mass is 405 g/mol. The van der Waals surface area contributed by atoms with Crippen LogP contribution in [-0.4, -0.2) is 38.5 Å². The van der Waals surface area contributed by atoms with Gasteiger partial charge in [-0.15, -0.1) is 4.40 Å². The molecule has 0 atom stereocenters. The number of carbonyl (C=O) groups is 1. The van der Waals surface area contributed by atoms with Crippen LogP contribution in [0.5, 0.6) is 0 Å². The largest absolute Gasteiger partial charge is 0.382 e.